The quantitative estimate of drug-likeness (QED) is 0.0353. The predicted octanol–water partition coefficient (Wildman–Crippen LogP) is 14.3. The van der Waals surface area contributed by atoms with Crippen molar-refractivity contribution >= 4 is 17.9 Å². The van der Waals surface area contributed by atoms with Crippen molar-refractivity contribution in [3.8, 4) is 0 Å². The van der Waals surface area contributed by atoms with E-state index >= 15 is 0 Å². The molecule has 0 saturated carbocycles. The molecule has 308 valence electrons. The third kappa shape index (κ3) is 39.6. The average Bonchev–Trinajstić information content (AvgIpc) is 3.12. The average molecular weight is 737 g/mol. The van der Waals surface area contributed by atoms with Gasteiger partial charge in [0.15, 0.2) is 6.10 Å². The summed E-state index contributed by atoms with van der Waals surface area (Å²) < 4.78 is 16.6. The van der Waals surface area contributed by atoms with E-state index in [1.54, 1.807) is 0 Å². The molecule has 0 aromatic heterocycles. The van der Waals surface area contributed by atoms with E-state index in [1.807, 2.05) is 0 Å². The van der Waals surface area contributed by atoms with Gasteiger partial charge < -0.3 is 14.2 Å². The maximum atomic E-state index is 12.5. The van der Waals surface area contributed by atoms with Crippen LogP contribution in [0.25, 0.3) is 0 Å². The van der Waals surface area contributed by atoms with Gasteiger partial charge in [0.05, 0.1) is 0 Å². The summed E-state index contributed by atoms with van der Waals surface area (Å²) in [5.74, 6) is -0.0743. The molecule has 52 heavy (non-hydrogen) atoms. The summed E-state index contributed by atoms with van der Waals surface area (Å²) in [6.45, 7) is 8.88. The van der Waals surface area contributed by atoms with E-state index in [4.69, 9.17) is 14.2 Å². The molecule has 0 heterocycles. The molecule has 0 bridgehead atoms. The fourth-order valence-electron chi connectivity index (χ4n) is 6.80. The van der Waals surface area contributed by atoms with Crippen LogP contribution in [0.3, 0.4) is 0 Å². The summed E-state index contributed by atoms with van der Waals surface area (Å²) in [5, 5.41) is 0. The molecular formula is C46H88O6. The highest BCUT2D eigenvalue weighted by atomic mass is 16.6. The summed E-state index contributed by atoms with van der Waals surface area (Å²) in [4.78, 5) is 37.4. The maximum absolute atomic E-state index is 12.5. The van der Waals surface area contributed by atoms with Crippen LogP contribution in [-0.4, -0.2) is 37.2 Å². The molecule has 0 rings (SSSR count). The van der Waals surface area contributed by atoms with E-state index in [0.29, 0.717) is 19.3 Å². The number of ether oxygens (including phenoxy) is 3. The molecule has 6 heteroatoms. The number of hydrogen-bond acceptors (Lipinski definition) is 6. The van der Waals surface area contributed by atoms with Crippen molar-refractivity contribution in [2.24, 2.45) is 5.92 Å². The molecule has 0 aromatic carbocycles. The van der Waals surface area contributed by atoms with E-state index < -0.39 is 6.10 Å². The van der Waals surface area contributed by atoms with E-state index in [9.17, 15) is 14.4 Å². The van der Waals surface area contributed by atoms with Gasteiger partial charge in [0.1, 0.15) is 13.2 Å². The lowest BCUT2D eigenvalue weighted by atomic mass is 10.0. The number of carbonyl (C=O) groups excluding carboxylic acids is 3. The van der Waals surface area contributed by atoms with Crippen molar-refractivity contribution in [1.29, 1.82) is 0 Å². The zero-order valence-corrected chi connectivity index (χ0v) is 35.3. The first-order valence-corrected chi connectivity index (χ1v) is 22.9. The van der Waals surface area contributed by atoms with Gasteiger partial charge in [0.2, 0.25) is 0 Å². The zero-order valence-electron chi connectivity index (χ0n) is 35.3. The Hall–Kier alpha value is -1.59. The Morgan fingerprint density at radius 3 is 0.942 bits per heavy atom. The minimum atomic E-state index is -0.757. The van der Waals surface area contributed by atoms with Crippen molar-refractivity contribution in [3.05, 3.63) is 0 Å². The van der Waals surface area contributed by atoms with Crippen molar-refractivity contribution in [1.82, 2.24) is 0 Å². The van der Waals surface area contributed by atoms with Gasteiger partial charge in [-0.2, -0.15) is 0 Å². The number of unbranched alkanes of at least 4 members (excludes halogenated alkanes) is 28. The fraction of sp³-hybridized carbons (Fsp3) is 0.935. The molecule has 0 aromatic rings. The molecule has 0 aliphatic carbocycles. The third-order valence-electron chi connectivity index (χ3n) is 10.3. The van der Waals surface area contributed by atoms with E-state index in [0.717, 1.165) is 70.1 Å². The Labute approximate surface area is 323 Å². The second-order valence-electron chi connectivity index (χ2n) is 16.2. The molecule has 0 radical (unpaired) electrons. The second kappa shape index (κ2) is 40.6. The molecule has 0 aliphatic heterocycles. The molecule has 0 spiro atoms. The predicted molar refractivity (Wildman–Crippen MR) is 220 cm³/mol. The standard InChI is InChI=1S/C46H88O6/c1-5-7-9-11-12-13-14-15-16-17-18-19-20-21-22-26-30-33-37-44(47)50-40-43(52-46(49)39-35-28-10-8-6-2)41-51-45(48)38-34-31-27-24-23-25-29-32-36-42(3)4/h42-43H,5-41H2,1-4H3/t43-/m0/s1. The van der Waals surface area contributed by atoms with Gasteiger partial charge in [-0.05, 0) is 25.2 Å². The lowest BCUT2D eigenvalue weighted by molar-refractivity contribution is -0.167. The Bertz CT molecular complexity index is 781. The van der Waals surface area contributed by atoms with Gasteiger partial charge >= 0.3 is 17.9 Å². The first kappa shape index (κ1) is 50.4. The third-order valence-corrected chi connectivity index (χ3v) is 10.3. The highest BCUT2D eigenvalue weighted by Crippen LogP contribution is 2.16. The Morgan fingerprint density at radius 2 is 0.635 bits per heavy atom. The first-order chi connectivity index (χ1) is 25.4. The van der Waals surface area contributed by atoms with Crippen molar-refractivity contribution < 1.29 is 28.6 Å². The van der Waals surface area contributed by atoms with Crippen LogP contribution in [0.15, 0.2) is 0 Å². The van der Waals surface area contributed by atoms with Crippen molar-refractivity contribution in [2.75, 3.05) is 13.2 Å². The zero-order chi connectivity index (χ0) is 38.2. The highest BCUT2D eigenvalue weighted by molar-refractivity contribution is 5.71. The molecule has 1 atom stereocenters. The van der Waals surface area contributed by atoms with Crippen molar-refractivity contribution in [2.45, 2.75) is 259 Å². The van der Waals surface area contributed by atoms with Gasteiger partial charge in [-0.15, -0.1) is 0 Å². The lowest BCUT2D eigenvalue weighted by Gasteiger charge is -2.18. The van der Waals surface area contributed by atoms with Gasteiger partial charge in [-0.25, -0.2) is 0 Å². The highest BCUT2D eigenvalue weighted by Gasteiger charge is 2.19. The Balaban J connectivity index is 4.08. The minimum absolute atomic E-state index is 0.0656. The van der Waals surface area contributed by atoms with Crippen LogP contribution < -0.4 is 0 Å². The second-order valence-corrected chi connectivity index (χ2v) is 16.2. The van der Waals surface area contributed by atoms with Crippen molar-refractivity contribution in [3.63, 3.8) is 0 Å². The van der Waals surface area contributed by atoms with Crippen LogP contribution in [0.4, 0.5) is 0 Å². The SMILES string of the molecule is CCCCCCCCCCCCCCCCCCCCC(=O)OC[C@@H](COC(=O)CCCCCCCCCCC(C)C)OC(=O)CCCCCCC. The minimum Gasteiger partial charge on any atom is -0.462 e. The molecular weight excluding hydrogens is 649 g/mol. The molecule has 0 aliphatic rings. The van der Waals surface area contributed by atoms with Crippen LogP contribution in [0.1, 0.15) is 252 Å². The summed E-state index contributed by atoms with van der Waals surface area (Å²) in [7, 11) is 0. The smallest absolute Gasteiger partial charge is 0.306 e. The van der Waals surface area contributed by atoms with Crippen LogP contribution in [0.5, 0.6) is 0 Å². The van der Waals surface area contributed by atoms with Gasteiger partial charge in [0, 0.05) is 19.3 Å². The van der Waals surface area contributed by atoms with Crippen LogP contribution in [0.2, 0.25) is 0 Å². The van der Waals surface area contributed by atoms with Crippen LogP contribution in [-0.2, 0) is 28.6 Å². The maximum Gasteiger partial charge on any atom is 0.306 e. The number of hydrogen-bond donors (Lipinski definition) is 0. The summed E-state index contributed by atoms with van der Waals surface area (Å²) in [5.41, 5.74) is 0. The molecule has 0 fully saturated rings. The van der Waals surface area contributed by atoms with Gasteiger partial charge in [0.25, 0.3) is 0 Å². The normalized spacial score (nSPS) is 11.9. The molecule has 6 nitrogen and oxygen atoms in total. The fourth-order valence-corrected chi connectivity index (χ4v) is 6.80. The first-order valence-electron chi connectivity index (χ1n) is 22.9. The van der Waals surface area contributed by atoms with Gasteiger partial charge in [-0.3, -0.25) is 14.4 Å². The molecule has 0 unspecified atom stereocenters. The summed E-state index contributed by atoms with van der Waals surface area (Å²) in [6.07, 6.45) is 39.9. The number of rotatable bonds is 41. The summed E-state index contributed by atoms with van der Waals surface area (Å²) in [6, 6.07) is 0. The number of esters is 3. The monoisotopic (exact) mass is 737 g/mol. The topological polar surface area (TPSA) is 78.9 Å². The molecule has 0 N–H and O–H groups in total. The number of carbonyl (C=O) groups is 3. The Kier molecular flexibility index (Phi) is 39.4. The van der Waals surface area contributed by atoms with Gasteiger partial charge in [-0.1, -0.05) is 214 Å². The summed E-state index contributed by atoms with van der Waals surface area (Å²) >= 11 is 0. The molecule has 0 saturated heterocycles. The van der Waals surface area contributed by atoms with E-state index in [2.05, 4.69) is 27.7 Å². The van der Waals surface area contributed by atoms with Crippen LogP contribution in [0, 0.1) is 5.92 Å². The van der Waals surface area contributed by atoms with E-state index in [1.165, 1.54) is 141 Å². The Morgan fingerprint density at radius 1 is 0.365 bits per heavy atom. The molecule has 0 amide bonds. The lowest BCUT2D eigenvalue weighted by Crippen LogP contribution is -2.30. The largest absolute Gasteiger partial charge is 0.462 e. The van der Waals surface area contributed by atoms with E-state index in [-0.39, 0.29) is 31.1 Å². The van der Waals surface area contributed by atoms with Crippen LogP contribution >= 0.6 is 0 Å².